The average molecular weight is 255 g/mol. The maximum Gasteiger partial charge on any atom is 0.390 e. The summed E-state index contributed by atoms with van der Waals surface area (Å²) in [7, 11) is 0. The zero-order valence-corrected chi connectivity index (χ0v) is 9.89. The normalized spacial score (nSPS) is 14.2. The van der Waals surface area contributed by atoms with Crippen LogP contribution in [0.25, 0.3) is 0 Å². The Morgan fingerprint density at radius 3 is 2.00 bits per heavy atom. The molecule has 7 heteroatoms. The van der Waals surface area contributed by atoms with Crippen LogP contribution >= 0.6 is 0 Å². The molecule has 0 aliphatic heterocycles. The smallest absolute Gasteiger partial charge is 0.390 e. The van der Waals surface area contributed by atoms with Crippen LogP contribution in [0.4, 0.5) is 13.2 Å². The van der Waals surface area contributed by atoms with Gasteiger partial charge < -0.3 is 10.4 Å². The molecule has 0 aliphatic rings. The van der Waals surface area contributed by atoms with Gasteiger partial charge in [-0.25, -0.2) is 0 Å². The standard InChI is InChI=1S/C10H16F3NO3/c1-9(2,3)6(8(16)17)7(15)14-5-4-10(11,12)13/h6H,4-5H2,1-3H3,(H,14,15)(H,16,17). The number of carboxylic acid groups (broad SMARTS) is 1. The minimum absolute atomic E-state index is 0.609. The van der Waals surface area contributed by atoms with E-state index in [1.54, 1.807) is 0 Å². The van der Waals surface area contributed by atoms with E-state index in [0.717, 1.165) is 0 Å². The van der Waals surface area contributed by atoms with E-state index >= 15 is 0 Å². The Labute approximate surface area is 97.2 Å². The van der Waals surface area contributed by atoms with Crippen LogP contribution in [0.1, 0.15) is 27.2 Å². The van der Waals surface area contributed by atoms with E-state index in [-0.39, 0.29) is 0 Å². The van der Waals surface area contributed by atoms with Crippen molar-refractivity contribution in [2.24, 2.45) is 11.3 Å². The molecule has 0 aromatic heterocycles. The van der Waals surface area contributed by atoms with Gasteiger partial charge >= 0.3 is 12.1 Å². The van der Waals surface area contributed by atoms with E-state index in [2.05, 4.69) is 0 Å². The molecular weight excluding hydrogens is 239 g/mol. The van der Waals surface area contributed by atoms with Gasteiger partial charge in [0, 0.05) is 6.54 Å². The zero-order valence-electron chi connectivity index (χ0n) is 9.89. The molecule has 0 rings (SSSR count). The highest BCUT2D eigenvalue weighted by molar-refractivity contribution is 5.97. The third-order valence-electron chi connectivity index (χ3n) is 2.08. The second-order valence-electron chi connectivity index (χ2n) is 4.79. The molecule has 4 nitrogen and oxygen atoms in total. The number of amides is 1. The summed E-state index contributed by atoms with van der Waals surface area (Å²) in [6.07, 6.45) is -5.54. The van der Waals surface area contributed by atoms with Crippen molar-refractivity contribution in [3.8, 4) is 0 Å². The first-order valence-corrected chi connectivity index (χ1v) is 5.02. The fourth-order valence-corrected chi connectivity index (χ4v) is 1.31. The number of hydrogen-bond acceptors (Lipinski definition) is 2. The van der Waals surface area contributed by atoms with E-state index in [1.165, 1.54) is 20.8 Å². The summed E-state index contributed by atoms with van der Waals surface area (Å²) in [5.74, 6) is -3.60. The number of carbonyl (C=O) groups excluding carboxylic acids is 1. The summed E-state index contributed by atoms with van der Waals surface area (Å²) in [4.78, 5) is 22.3. The molecule has 1 unspecified atom stereocenters. The number of nitrogens with one attached hydrogen (secondary N) is 1. The fourth-order valence-electron chi connectivity index (χ4n) is 1.31. The molecule has 0 aromatic rings. The lowest BCUT2D eigenvalue weighted by atomic mass is 9.80. The van der Waals surface area contributed by atoms with Crippen molar-refractivity contribution in [1.82, 2.24) is 5.32 Å². The van der Waals surface area contributed by atoms with E-state index in [9.17, 15) is 22.8 Å². The van der Waals surface area contributed by atoms with Gasteiger partial charge in [0.1, 0.15) is 5.92 Å². The quantitative estimate of drug-likeness (QED) is 0.753. The summed E-state index contributed by atoms with van der Waals surface area (Å²) in [5, 5.41) is 10.8. The molecule has 0 bridgehead atoms. The Hall–Kier alpha value is -1.27. The van der Waals surface area contributed by atoms with Gasteiger partial charge in [-0.05, 0) is 5.41 Å². The van der Waals surface area contributed by atoms with Crippen molar-refractivity contribution in [3.05, 3.63) is 0 Å². The van der Waals surface area contributed by atoms with Gasteiger partial charge in [0.2, 0.25) is 5.91 Å². The maximum atomic E-state index is 11.8. The molecule has 0 aliphatic carbocycles. The summed E-state index contributed by atoms with van der Waals surface area (Å²) in [6, 6.07) is 0. The highest BCUT2D eigenvalue weighted by atomic mass is 19.4. The molecule has 0 saturated heterocycles. The Bertz CT molecular complexity index is 294. The highest BCUT2D eigenvalue weighted by Crippen LogP contribution is 2.26. The summed E-state index contributed by atoms with van der Waals surface area (Å²) >= 11 is 0. The largest absolute Gasteiger partial charge is 0.481 e. The Kier molecular flexibility index (Phi) is 4.97. The van der Waals surface area contributed by atoms with Crippen molar-refractivity contribution in [2.45, 2.75) is 33.4 Å². The van der Waals surface area contributed by atoms with Crippen LogP contribution in [0, 0.1) is 11.3 Å². The summed E-state index contributed by atoms with van der Waals surface area (Å²) < 4.78 is 35.5. The second kappa shape index (κ2) is 5.37. The van der Waals surface area contributed by atoms with Crippen molar-refractivity contribution in [3.63, 3.8) is 0 Å². The van der Waals surface area contributed by atoms with Crippen LogP contribution in [0.2, 0.25) is 0 Å². The first-order chi connectivity index (χ1) is 7.45. The molecule has 0 spiro atoms. The lowest BCUT2D eigenvalue weighted by Crippen LogP contribution is -2.43. The van der Waals surface area contributed by atoms with Crippen LogP contribution in [0.15, 0.2) is 0 Å². The molecule has 17 heavy (non-hydrogen) atoms. The van der Waals surface area contributed by atoms with Gasteiger partial charge in [-0.2, -0.15) is 13.2 Å². The average Bonchev–Trinajstić information content (AvgIpc) is 1.96. The van der Waals surface area contributed by atoms with Crippen LogP contribution in [-0.4, -0.2) is 29.7 Å². The van der Waals surface area contributed by atoms with Crippen LogP contribution in [0.3, 0.4) is 0 Å². The molecule has 2 N–H and O–H groups in total. The molecule has 0 saturated carbocycles. The third-order valence-corrected chi connectivity index (χ3v) is 2.08. The summed E-state index contributed by atoms with van der Waals surface area (Å²) in [5.41, 5.74) is -0.853. The lowest BCUT2D eigenvalue weighted by Gasteiger charge is -2.25. The molecule has 1 amide bonds. The number of halogens is 3. The predicted molar refractivity (Wildman–Crippen MR) is 54.3 cm³/mol. The van der Waals surface area contributed by atoms with Crippen LogP contribution in [0.5, 0.6) is 0 Å². The number of carboxylic acids is 1. The molecule has 0 aromatic carbocycles. The van der Waals surface area contributed by atoms with Crippen LogP contribution < -0.4 is 5.32 Å². The Balaban J connectivity index is 4.42. The van der Waals surface area contributed by atoms with Crippen molar-refractivity contribution in [1.29, 1.82) is 0 Å². The molecule has 0 radical (unpaired) electrons. The topological polar surface area (TPSA) is 66.4 Å². The second-order valence-corrected chi connectivity index (χ2v) is 4.79. The molecule has 100 valence electrons. The van der Waals surface area contributed by atoms with Crippen molar-refractivity contribution >= 4 is 11.9 Å². The number of rotatable bonds is 4. The predicted octanol–water partition coefficient (Wildman–Crippen LogP) is 1.80. The van der Waals surface area contributed by atoms with Gasteiger partial charge in [-0.15, -0.1) is 0 Å². The fraction of sp³-hybridized carbons (Fsp3) is 0.800. The first kappa shape index (κ1) is 15.7. The van der Waals surface area contributed by atoms with Crippen molar-refractivity contribution < 1.29 is 27.9 Å². The van der Waals surface area contributed by atoms with Gasteiger partial charge in [-0.3, -0.25) is 9.59 Å². The highest BCUT2D eigenvalue weighted by Gasteiger charge is 2.38. The SMILES string of the molecule is CC(C)(C)C(C(=O)O)C(=O)NCCC(F)(F)F. The van der Waals surface area contributed by atoms with Gasteiger partial charge in [0.05, 0.1) is 6.42 Å². The number of aliphatic carboxylic acids is 1. The first-order valence-electron chi connectivity index (χ1n) is 5.02. The van der Waals surface area contributed by atoms with Gasteiger partial charge in [0.15, 0.2) is 0 Å². The van der Waals surface area contributed by atoms with Crippen molar-refractivity contribution in [2.75, 3.05) is 6.54 Å². The molecular formula is C10H16F3NO3. The number of alkyl halides is 3. The van der Waals surface area contributed by atoms with Gasteiger partial charge in [-0.1, -0.05) is 20.8 Å². The van der Waals surface area contributed by atoms with E-state index in [1.807, 2.05) is 5.32 Å². The molecule has 0 fully saturated rings. The summed E-state index contributed by atoms with van der Waals surface area (Å²) in [6.45, 7) is 4.00. The monoisotopic (exact) mass is 255 g/mol. The lowest BCUT2D eigenvalue weighted by molar-refractivity contribution is -0.152. The van der Waals surface area contributed by atoms with Gasteiger partial charge in [0.25, 0.3) is 0 Å². The van der Waals surface area contributed by atoms with Crippen LogP contribution in [-0.2, 0) is 9.59 Å². The zero-order chi connectivity index (χ0) is 13.9. The molecule has 0 heterocycles. The third kappa shape index (κ3) is 6.13. The Morgan fingerprint density at radius 2 is 1.71 bits per heavy atom. The van der Waals surface area contributed by atoms with E-state index in [0.29, 0.717) is 0 Å². The number of carbonyl (C=O) groups is 2. The maximum absolute atomic E-state index is 11.8. The van der Waals surface area contributed by atoms with E-state index in [4.69, 9.17) is 5.11 Å². The minimum atomic E-state index is -4.37. The number of hydrogen-bond donors (Lipinski definition) is 2. The minimum Gasteiger partial charge on any atom is -0.481 e. The Morgan fingerprint density at radius 1 is 1.24 bits per heavy atom. The molecule has 1 atom stereocenters. The van der Waals surface area contributed by atoms with E-state index < -0.39 is 42.4 Å².